The molecule has 1 aliphatic rings. The van der Waals surface area contributed by atoms with Crippen molar-refractivity contribution in [3.8, 4) is 0 Å². The molecule has 0 saturated carbocycles. The van der Waals surface area contributed by atoms with Crippen LogP contribution < -0.4 is 10.6 Å². The zero-order valence-electron chi connectivity index (χ0n) is 14.5. The van der Waals surface area contributed by atoms with E-state index in [4.69, 9.17) is 51.1 Å². The Bertz CT molecular complexity index is 914. The molecule has 0 radical (unpaired) electrons. The van der Waals surface area contributed by atoms with Crippen molar-refractivity contribution in [3.63, 3.8) is 0 Å². The first kappa shape index (κ1) is 21.2. The van der Waals surface area contributed by atoms with Crippen molar-refractivity contribution in [2.75, 3.05) is 18.5 Å². The SMILES string of the molecule is O=C(Nc1c(Cl)cc(Cl)cc1C(=O)NC[C@@H]1CCCO1)c1ccc(Cl)cc1Cl. The van der Waals surface area contributed by atoms with E-state index in [9.17, 15) is 9.59 Å². The van der Waals surface area contributed by atoms with Crippen LogP contribution in [0.1, 0.15) is 33.6 Å². The third-order valence-electron chi connectivity index (χ3n) is 4.23. The minimum Gasteiger partial charge on any atom is -0.376 e. The van der Waals surface area contributed by atoms with Gasteiger partial charge in [0.1, 0.15) is 0 Å². The predicted molar refractivity (Wildman–Crippen MR) is 112 cm³/mol. The Morgan fingerprint density at radius 3 is 2.39 bits per heavy atom. The van der Waals surface area contributed by atoms with E-state index in [2.05, 4.69) is 10.6 Å². The van der Waals surface area contributed by atoms with E-state index in [1.807, 2.05) is 0 Å². The molecule has 148 valence electrons. The molecule has 5 nitrogen and oxygen atoms in total. The normalized spacial score (nSPS) is 16.1. The van der Waals surface area contributed by atoms with Gasteiger partial charge in [0.25, 0.3) is 11.8 Å². The van der Waals surface area contributed by atoms with Crippen LogP contribution in [0.3, 0.4) is 0 Å². The summed E-state index contributed by atoms with van der Waals surface area (Å²) in [5, 5.41) is 6.42. The highest BCUT2D eigenvalue weighted by Crippen LogP contribution is 2.31. The largest absolute Gasteiger partial charge is 0.376 e. The fourth-order valence-corrected chi connectivity index (χ4v) is 3.88. The van der Waals surface area contributed by atoms with Crippen LogP contribution in [0.5, 0.6) is 0 Å². The number of hydrogen-bond donors (Lipinski definition) is 2. The number of amides is 2. The number of benzene rings is 2. The second-order valence-electron chi connectivity index (χ2n) is 6.23. The summed E-state index contributed by atoms with van der Waals surface area (Å²) in [4.78, 5) is 25.3. The van der Waals surface area contributed by atoms with E-state index in [-0.39, 0.29) is 38.0 Å². The number of carbonyl (C=O) groups is 2. The molecule has 1 saturated heterocycles. The van der Waals surface area contributed by atoms with Gasteiger partial charge in [-0.2, -0.15) is 0 Å². The third kappa shape index (κ3) is 5.10. The second-order valence-corrected chi connectivity index (χ2v) is 7.92. The van der Waals surface area contributed by atoms with Crippen molar-refractivity contribution < 1.29 is 14.3 Å². The molecule has 0 unspecified atom stereocenters. The van der Waals surface area contributed by atoms with Gasteiger partial charge in [0.15, 0.2) is 0 Å². The molecule has 28 heavy (non-hydrogen) atoms. The molecular weight excluding hydrogens is 446 g/mol. The van der Waals surface area contributed by atoms with E-state index in [0.29, 0.717) is 18.2 Å². The van der Waals surface area contributed by atoms with Gasteiger partial charge in [0, 0.05) is 23.2 Å². The standard InChI is InChI=1S/C19H16Cl4N2O3/c20-10-3-4-13(15(22)7-10)19(27)25-17-14(6-11(21)8-16(17)23)18(26)24-9-12-2-1-5-28-12/h3-4,6-8,12H,1-2,5,9H2,(H,24,26)(H,25,27)/t12-/m0/s1. The summed E-state index contributed by atoms with van der Waals surface area (Å²) in [5.41, 5.74) is 0.489. The number of anilines is 1. The molecule has 3 rings (SSSR count). The predicted octanol–water partition coefficient (Wildman–Crippen LogP) is 5.46. The molecule has 0 spiro atoms. The van der Waals surface area contributed by atoms with E-state index >= 15 is 0 Å². The first-order valence-electron chi connectivity index (χ1n) is 8.50. The first-order valence-corrected chi connectivity index (χ1v) is 10.0. The molecule has 9 heteroatoms. The van der Waals surface area contributed by atoms with Gasteiger partial charge in [-0.05, 0) is 43.2 Å². The number of carbonyl (C=O) groups excluding carboxylic acids is 2. The summed E-state index contributed by atoms with van der Waals surface area (Å²) in [6.45, 7) is 1.05. The summed E-state index contributed by atoms with van der Waals surface area (Å²) in [6, 6.07) is 7.37. The van der Waals surface area contributed by atoms with Crippen LogP contribution in [0.15, 0.2) is 30.3 Å². The summed E-state index contributed by atoms with van der Waals surface area (Å²) in [6.07, 6.45) is 1.83. The molecule has 1 fully saturated rings. The smallest absolute Gasteiger partial charge is 0.257 e. The molecule has 0 aliphatic carbocycles. The van der Waals surface area contributed by atoms with Crippen molar-refractivity contribution in [3.05, 3.63) is 61.5 Å². The molecule has 1 heterocycles. The van der Waals surface area contributed by atoms with Crippen molar-refractivity contribution in [2.45, 2.75) is 18.9 Å². The second kappa shape index (κ2) is 9.33. The van der Waals surface area contributed by atoms with Gasteiger partial charge in [-0.15, -0.1) is 0 Å². The maximum Gasteiger partial charge on any atom is 0.257 e. The molecule has 2 aromatic rings. The molecule has 1 atom stereocenters. The highest BCUT2D eigenvalue weighted by Gasteiger charge is 2.22. The lowest BCUT2D eigenvalue weighted by molar-refractivity contribution is 0.0858. The van der Waals surface area contributed by atoms with E-state index in [0.717, 1.165) is 12.8 Å². The van der Waals surface area contributed by atoms with E-state index in [1.165, 1.54) is 24.3 Å². The Balaban J connectivity index is 1.83. The van der Waals surface area contributed by atoms with Gasteiger partial charge in [-0.3, -0.25) is 9.59 Å². The fourth-order valence-electron chi connectivity index (χ4n) is 2.84. The lowest BCUT2D eigenvalue weighted by atomic mass is 10.1. The molecule has 0 bridgehead atoms. The average molecular weight is 462 g/mol. The number of halogens is 4. The number of hydrogen-bond acceptors (Lipinski definition) is 3. The van der Waals surface area contributed by atoms with E-state index in [1.54, 1.807) is 6.07 Å². The Morgan fingerprint density at radius 2 is 1.71 bits per heavy atom. The van der Waals surface area contributed by atoms with Gasteiger partial charge >= 0.3 is 0 Å². The molecular formula is C19H16Cl4N2O3. The summed E-state index contributed by atoms with van der Waals surface area (Å²) >= 11 is 24.2. The Morgan fingerprint density at radius 1 is 0.964 bits per heavy atom. The van der Waals surface area contributed by atoms with Crippen LogP contribution in [0.4, 0.5) is 5.69 Å². The van der Waals surface area contributed by atoms with Crippen molar-refractivity contribution in [2.24, 2.45) is 0 Å². The summed E-state index contributed by atoms with van der Waals surface area (Å²) in [7, 11) is 0. The molecule has 2 amide bonds. The number of rotatable bonds is 5. The minimum absolute atomic E-state index is 0.0236. The lowest BCUT2D eigenvalue weighted by Gasteiger charge is -2.16. The third-order valence-corrected chi connectivity index (χ3v) is 5.29. The lowest BCUT2D eigenvalue weighted by Crippen LogP contribution is -2.32. The van der Waals surface area contributed by atoms with Crippen molar-refractivity contribution >= 4 is 63.9 Å². The van der Waals surface area contributed by atoms with Crippen LogP contribution in [0.2, 0.25) is 20.1 Å². The maximum absolute atomic E-state index is 12.7. The Kier molecular flexibility index (Phi) is 7.07. The van der Waals surface area contributed by atoms with Crippen LogP contribution in [0, 0.1) is 0 Å². The fraction of sp³-hybridized carbons (Fsp3) is 0.263. The quantitative estimate of drug-likeness (QED) is 0.620. The van der Waals surface area contributed by atoms with Crippen molar-refractivity contribution in [1.82, 2.24) is 5.32 Å². The zero-order chi connectivity index (χ0) is 20.3. The number of ether oxygens (including phenoxy) is 1. The van der Waals surface area contributed by atoms with Gasteiger partial charge < -0.3 is 15.4 Å². The van der Waals surface area contributed by atoms with Crippen LogP contribution in [-0.2, 0) is 4.74 Å². The van der Waals surface area contributed by atoms with Crippen LogP contribution >= 0.6 is 46.4 Å². The number of nitrogens with one attached hydrogen (secondary N) is 2. The summed E-state index contributed by atoms with van der Waals surface area (Å²) < 4.78 is 5.50. The van der Waals surface area contributed by atoms with Crippen molar-refractivity contribution in [1.29, 1.82) is 0 Å². The van der Waals surface area contributed by atoms with Crippen LogP contribution in [-0.4, -0.2) is 31.1 Å². The Hall–Kier alpha value is -1.50. The average Bonchev–Trinajstić information content (AvgIpc) is 3.15. The minimum atomic E-state index is -0.529. The Labute approximate surface area is 182 Å². The molecule has 2 N–H and O–H groups in total. The molecule has 2 aromatic carbocycles. The zero-order valence-corrected chi connectivity index (χ0v) is 17.6. The van der Waals surface area contributed by atoms with Gasteiger partial charge in [-0.25, -0.2) is 0 Å². The van der Waals surface area contributed by atoms with Gasteiger partial charge in [0.05, 0.1) is 33.0 Å². The topological polar surface area (TPSA) is 67.4 Å². The van der Waals surface area contributed by atoms with E-state index < -0.39 is 11.8 Å². The summed E-state index contributed by atoms with van der Waals surface area (Å²) in [5.74, 6) is -0.948. The molecule has 1 aliphatic heterocycles. The van der Waals surface area contributed by atoms with Gasteiger partial charge in [0.2, 0.25) is 0 Å². The first-order chi connectivity index (χ1) is 13.3. The molecule has 0 aromatic heterocycles. The maximum atomic E-state index is 12.7. The highest BCUT2D eigenvalue weighted by atomic mass is 35.5. The van der Waals surface area contributed by atoms with Gasteiger partial charge in [-0.1, -0.05) is 46.4 Å². The monoisotopic (exact) mass is 460 g/mol. The van der Waals surface area contributed by atoms with Crippen LogP contribution in [0.25, 0.3) is 0 Å². The highest BCUT2D eigenvalue weighted by molar-refractivity contribution is 6.39.